The summed E-state index contributed by atoms with van der Waals surface area (Å²) in [5.74, 6) is 11.5. The largest absolute Gasteiger partial charge is 0.356 e. The molecule has 6 N–H and O–H groups in total. The van der Waals surface area contributed by atoms with Gasteiger partial charge in [-0.25, -0.2) is 16.7 Å². The van der Waals surface area contributed by atoms with Crippen molar-refractivity contribution in [2.24, 2.45) is 11.7 Å². The second-order valence-electron chi connectivity index (χ2n) is 2.79. The average Bonchev–Trinajstić information content (AvgIpc) is 2.59. The molecule has 2 aromatic rings. The molecular weight excluding hydrogens is 184 g/mol. The van der Waals surface area contributed by atoms with Crippen molar-refractivity contribution in [2.45, 2.75) is 6.92 Å². The van der Waals surface area contributed by atoms with Crippen molar-refractivity contribution in [1.82, 2.24) is 10.1 Å². The number of aromatic nitrogens is 2. The summed E-state index contributed by atoms with van der Waals surface area (Å²) in [5, 5.41) is 4.56. The minimum Gasteiger partial charge on any atom is -0.356 e. The van der Waals surface area contributed by atoms with Crippen molar-refractivity contribution >= 4 is 22.6 Å². The normalized spacial score (nSPS) is 10.5. The zero-order valence-corrected chi connectivity index (χ0v) is 7.53. The molecule has 0 unspecified atom stereocenters. The molecule has 0 saturated carbocycles. The van der Waals surface area contributed by atoms with Gasteiger partial charge >= 0.3 is 0 Å². The van der Waals surface area contributed by atoms with E-state index in [1.165, 1.54) is 0 Å². The van der Waals surface area contributed by atoms with E-state index in [0.29, 0.717) is 17.2 Å². The Morgan fingerprint density at radius 2 is 2.14 bits per heavy atom. The molecule has 7 heteroatoms. The molecule has 0 aliphatic rings. The molecule has 0 spiro atoms. The first-order chi connectivity index (χ1) is 6.76. The van der Waals surface area contributed by atoms with Crippen LogP contribution < -0.4 is 22.5 Å². The number of rotatable bonds is 2. The molecule has 0 bridgehead atoms. The second-order valence-corrected chi connectivity index (χ2v) is 2.79. The Balaban J connectivity index is 2.76. The van der Waals surface area contributed by atoms with Crippen LogP contribution in [0.25, 0.3) is 11.0 Å². The lowest BCUT2D eigenvalue weighted by atomic mass is 10.2. The Bertz CT molecular complexity index is 464. The number of hydrogen-bond donors (Lipinski definition) is 4. The van der Waals surface area contributed by atoms with Crippen molar-refractivity contribution in [2.75, 3.05) is 10.9 Å². The molecule has 0 radical (unpaired) electrons. The molecule has 0 aliphatic carbocycles. The Morgan fingerprint density at radius 1 is 1.36 bits per heavy atom. The third-order valence-electron chi connectivity index (χ3n) is 1.91. The molecule has 7 nitrogen and oxygen atoms in total. The summed E-state index contributed by atoms with van der Waals surface area (Å²) in [6.07, 6.45) is 0. The third kappa shape index (κ3) is 1.15. The van der Waals surface area contributed by atoms with Crippen LogP contribution in [0, 0.1) is 6.92 Å². The summed E-state index contributed by atoms with van der Waals surface area (Å²) in [6.45, 7) is 1.81. The van der Waals surface area contributed by atoms with E-state index in [1.54, 1.807) is 6.07 Å². The molecule has 0 aromatic carbocycles. The molecule has 0 amide bonds. The van der Waals surface area contributed by atoms with Gasteiger partial charge in [0, 0.05) is 6.07 Å². The lowest BCUT2D eigenvalue weighted by Gasteiger charge is -2.03. The van der Waals surface area contributed by atoms with E-state index in [0.717, 1.165) is 11.1 Å². The zero-order chi connectivity index (χ0) is 10.1. The van der Waals surface area contributed by atoms with Gasteiger partial charge in [-0.3, -0.25) is 0 Å². The summed E-state index contributed by atoms with van der Waals surface area (Å²) in [4.78, 5) is 4.10. The van der Waals surface area contributed by atoms with Crippen molar-refractivity contribution in [3.63, 3.8) is 0 Å². The van der Waals surface area contributed by atoms with Crippen LogP contribution >= 0.6 is 0 Å². The van der Waals surface area contributed by atoms with Crippen LogP contribution in [0.5, 0.6) is 0 Å². The molecule has 0 fully saturated rings. The zero-order valence-electron chi connectivity index (χ0n) is 7.53. The van der Waals surface area contributed by atoms with E-state index in [4.69, 9.17) is 16.2 Å². The maximum absolute atomic E-state index is 5.32. The fourth-order valence-electron chi connectivity index (χ4n) is 1.28. The molecule has 2 aromatic heterocycles. The van der Waals surface area contributed by atoms with Gasteiger partial charge in [0.25, 0.3) is 0 Å². The van der Waals surface area contributed by atoms with Gasteiger partial charge in [-0.05, 0) is 6.92 Å². The van der Waals surface area contributed by atoms with Crippen LogP contribution in [0.3, 0.4) is 0 Å². The summed E-state index contributed by atoms with van der Waals surface area (Å²) in [7, 11) is 0. The van der Waals surface area contributed by atoms with Gasteiger partial charge in [0.15, 0.2) is 11.4 Å². The smallest absolute Gasteiger partial charge is 0.174 e. The van der Waals surface area contributed by atoms with Gasteiger partial charge in [0.2, 0.25) is 0 Å². The van der Waals surface area contributed by atoms with Crippen LogP contribution in [0.15, 0.2) is 10.6 Å². The predicted molar refractivity (Wildman–Crippen MR) is 52.2 cm³/mol. The van der Waals surface area contributed by atoms with Crippen LogP contribution in [0.1, 0.15) is 5.69 Å². The molecule has 0 atom stereocenters. The Labute approximate surface area is 79.4 Å². The van der Waals surface area contributed by atoms with Crippen molar-refractivity contribution in [3.05, 3.63) is 11.8 Å². The molecule has 14 heavy (non-hydrogen) atoms. The van der Waals surface area contributed by atoms with E-state index in [-0.39, 0.29) is 0 Å². The topological polar surface area (TPSA) is 115 Å². The lowest BCUT2D eigenvalue weighted by Crippen LogP contribution is -2.13. The van der Waals surface area contributed by atoms with E-state index in [1.807, 2.05) is 6.92 Å². The van der Waals surface area contributed by atoms with Crippen LogP contribution in [-0.4, -0.2) is 10.1 Å². The first-order valence-electron chi connectivity index (χ1n) is 3.96. The lowest BCUT2D eigenvalue weighted by molar-refractivity contribution is 0.450. The summed E-state index contributed by atoms with van der Waals surface area (Å²) in [6, 6.07) is 1.65. The highest BCUT2D eigenvalue weighted by molar-refractivity contribution is 5.91. The predicted octanol–water partition coefficient (Wildman–Crippen LogP) is 0.102. The Hall–Kier alpha value is -1.86. The number of anilines is 2. The number of hydrazine groups is 2. The van der Waals surface area contributed by atoms with Gasteiger partial charge in [0.05, 0.1) is 11.1 Å². The minimum absolute atomic E-state index is 0.460. The quantitative estimate of drug-likeness (QED) is 0.396. The third-order valence-corrected chi connectivity index (χ3v) is 1.91. The molecular formula is C7H10N6O. The molecule has 74 valence electrons. The standard InChI is InChI=1S/C7H10N6O/c1-3-6-4(14-13-3)2-5(11-8)10-7(6)12-9/h2H,8-9H2,1H3,(H2,10,11,12). The van der Waals surface area contributed by atoms with Crippen LogP contribution in [-0.2, 0) is 0 Å². The average molecular weight is 194 g/mol. The van der Waals surface area contributed by atoms with E-state index in [9.17, 15) is 0 Å². The van der Waals surface area contributed by atoms with Crippen molar-refractivity contribution in [3.8, 4) is 0 Å². The number of nitrogens with zero attached hydrogens (tertiary/aromatic N) is 2. The molecule has 0 saturated heterocycles. The maximum atomic E-state index is 5.32. The minimum atomic E-state index is 0.460. The number of fused-ring (bicyclic) bond motifs is 1. The fourth-order valence-corrected chi connectivity index (χ4v) is 1.28. The van der Waals surface area contributed by atoms with Gasteiger partial charge in [-0.1, -0.05) is 5.16 Å². The van der Waals surface area contributed by atoms with Crippen LogP contribution in [0.4, 0.5) is 11.6 Å². The highest BCUT2D eigenvalue weighted by Crippen LogP contribution is 2.26. The number of aryl methyl sites for hydroxylation is 1. The number of hydrogen-bond acceptors (Lipinski definition) is 7. The number of nitrogens with two attached hydrogens (primary N) is 2. The highest BCUT2D eigenvalue weighted by Gasteiger charge is 2.11. The fraction of sp³-hybridized carbons (Fsp3) is 0.143. The Kier molecular flexibility index (Phi) is 1.95. The number of nitrogen functional groups attached to an aromatic ring is 2. The summed E-state index contributed by atoms with van der Waals surface area (Å²) >= 11 is 0. The molecule has 0 aliphatic heterocycles. The van der Waals surface area contributed by atoms with Crippen molar-refractivity contribution in [1.29, 1.82) is 0 Å². The monoisotopic (exact) mass is 194 g/mol. The number of nitrogens with one attached hydrogen (secondary N) is 2. The molecule has 2 rings (SSSR count). The maximum Gasteiger partial charge on any atom is 0.174 e. The summed E-state index contributed by atoms with van der Waals surface area (Å²) < 4.78 is 5.05. The molecule has 2 heterocycles. The SMILES string of the molecule is Cc1noc2cc(NN)nc(NN)c12. The highest BCUT2D eigenvalue weighted by atomic mass is 16.5. The Morgan fingerprint density at radius 3 is 2.79 bits per heavy atom. The van der Waals surface area contributed by atoms with Gasteiger partial charge in [0.1, 0.15) is 5.82 Å². The van der Waals surface area contributed by atoms with E-state index in [2.05, 4.69) is 21.0 Å². The van der Waals surface area contributed by atoms with Gasteiger partial charge in [-0.15, -0.1) is 0 Å². The first-order valence-corrected chi connectivity index (χ1v) is 3.96. The van der Waals surface area contributed by atoms with Gasteiger partial charge < -0.3 is 15.4 Å². The van der Waals surface area contributed by atoms with Gasteiger partial charge in [-0.2, -0.15) is 0 Å². The number of pyridine rings is 1. The first kappa shape index (κ1) is 8.73. The van der Waals surface area contributed by atoms with Crippen LogP contribution in [0.2, 0.25) is 0 Å². The second kappa shape index (κ2) is 3.13. The van der Waals surface area contributed by atoms with E-state index < -0.39 is 0 Å². The summed E-state index contributed by atoms with van der Waals surface area (Å²) in [5.41, 5.74) is 6.18. The van der Waals surface area contributed by atoms with Crippen molar-refractivity contribution < 1.29 is 4.52 Å². The van der Waals surface area contributed by atoms with E-state index >= 15 is 0 Å².